The third kappa shape index (κ3) is 7.34. The summed E-state index contributed by atoms with van der Waals surface area (Å²) < 4.78 is 12.6. The highest BCUT2D eigenvalue weighted by molar-refractivity contribution is 5.84. The summed E-state index contributed by atoms with van der Waals surface area (Å²) in [5.74, 6) is 1.90. The number of esters is 1. The Labute approximate surface area is 224 Å². The number of unbranched alkanes of at least 4 members (excludes halogenated alkanes) is 2. The number of hydrogen-bond acceptors (Lipinski definition) is 5. The molecule has 202 valence electrons. The zero-order chi connectivity index (χ0) is 26.3. The van der Waals surface area contributed by atoms with Crippen LogP contribution in [0.15, 0.2) is 30.6 Å². The largest absolute Gasteiger partial charge is 0.482 e. The van der Waals surface area contributed by atoms with Gasteiger partial charge in [0.2, 0.25) is 0 Å². The number of carbonyl (C=O) groups excluding carboxylic acids is 1. The molecule has 1 unspecified atom stereocenters. The Balaban J connectivity index is 1.52. The average molecular weight is 507 g/mol. The van der Waals surface area contributed by atoms with E-state index >= 15 is 0 Å². The Morgan fingerprint density at radius 2 is 1.95 bits per heavy atom. The molecule has 3 heterocycles. The Morgan fingerprint density at radius 1 is 1.14 bits per heavy atom. The molecule has 1 fully saturated rings. The van der Waals surface area contributed by atoms with Gasteiger partial charge in [0.15, 0.2) is 0 Å². The molecule has 0 aliphatic carbocycles. The highest BCUT2D eigenvalue weighted by Crippen LogP contribution is 2.49. The summed E-state index contributed by atoms with van der Waals surface area (Å²) >= 11 is 0. The maximum Gasteiger partial charge on any atom is 0.311 e. The quantitative estimate of drug-likeness (QED) is 0.168. The molecule has 1 aromatic carbocycles. The SMILES string of the molecule is CCCCCC(C)CCc1cc(OC(=O)CCCN2CCCCC2)c2c(c1)OC(C)(C)c1ccncc1-2. The molecule has 5 nitrogen and oxygen atoms in total. The minimum Gasteiger partial charge on any atom is -0.482 e. The van der Waals surface area contributed by atoms with Gasteiger partial charge in [0.05, 0.1) is 5.56 Å². The van der Waals surface area contributed by atoms with Crippen molar-refractivity contribution < 1.29 is 14.3 Å². The normalized spacial score (nSPS) is 17.4. The van der Waals surface area contributed by atoms with E-state index in [1.807, 2.05) is 12.3 Å². The van der Waals surface area contributed by atoms with Gasteiger partial charge in [0.25, 0.3) is 0 Å². The molecular formula is C32H46N2O3. The highest BCUT2D eigenvalue weighted by Gasteiger charge is 2.35. The number of nitrogens with zero attached hydrogens (tertiary/aromatic N) is 2. The van der Waals surface area contributed by atoms with Gasteiger partial charge in [-0.15, -0.1) is 0 Å². The summed E-state index contributed by atoms with van der Waals surface area (Å²) in [6, 6.07) is 6.23. The molecule has 0 saturated carbocycles. The van der Waals surface area contributed by atoms with Crippen molar-refractivity contribution in [2.75, 3.05) is 19.6 Å². The van der Waals surface area contributed by atoms with Crippen molar-refractivity contribution >= 4 is 5.97 Å². The van der Waals surface area contributed by atoms with Gasteiger partial charge in [0, 0.05) is 29.9 Å². The summed E-state index contributed by atoms with van der Waals surface area (Å²) in [7, 11) is 0. The number of rotatable bonds is 12. The minimum absolute atomic E-state index is 0.167. The zero-order valence-electron chi connectivity index (χ0n) is 23.5. The number of aryl methyl sites for hydroxylation is 1. The van der Waals surface area contributed by atoms with Crippen LogP contribution in [-0.2, 0) is 16.8 Å². The number of carbonyl (C=O) groups is 1. The van der Waals surface area contributed by atoms with Gasteiger partial charge in [-0.1, -0.05) is 46.0 Å². The highest BCUT2D eigenvalue weighted by atomic mass is 16.5. The molecule has 0 amide bonds. The van der Waals surface area contributed by atoms with E-state index in [1.165, 1.54) is 50.5 Å². The van der Waals surface area contributed by atoms with E-state index in [0.717, 1.165) is 61.3 Å². The molecule has 1 saturated heterocycles. The molecule has 2 aliphatic heterocycles. The van der Waals surface area contributed by atoms with E-state index in [9.17, 15) is 4.79 Å². The van der Waals surface area contributed by atoms with Crippen LogP contribution in [0.3, 0.4) is 0 Å². The van der Waals surface area contributed by atoms with Gasteiger partial charge in [-0.2, -0.15) is 0 Å². The molecule has 0 bridgehead atoms. The molecule has 1 atom stereocenters. The number of likely N-dealkylation sites (tertiary alicyclic amines) is 1. The molecule has 0 spiro atoms. The molecule has 37 heavy (non-hydrogen) atoms. The van der Waals surface area contributed by atoms with Crippen molar-refractivity contribution in [2.24, 2.45) is 5.92 Å². The molecular weight excluding hydrogens is 460 g/mol. The van der Waals surface area contributed by atoms with Crippen LogP contribution >= 0.6 is 0 Å². The second-order valence-electron chi connectivity index (χ2n) is 11.6. The monoisotopic (exact) mass is 506 g/mol. The second-order valence-corrected chi connectivity index (χ2v) is 11.6. The Kier molecular flexibility index (Phi) is 9.64. The van der Waals surface area contributed by atoms with Gasteiger partial charge in [-0.05, 0) is 95.3 Å². The molecule has 2 aliphatic rings. The summed E-state index contributed by atoms with van der Waals surface area (Å²) in [4.78, 5) is 19.9. The van der Waals surface area contributed by atoms with Gasteiger partial charge >= 0.3 is 5.97 Å². The van der Waals surface area contributed by atoms with Crippen LogP contribution in [0.2, 0.25) is 0 Å². The summed E-state index contributed by atoms with van der Waals surface area (Å²) in [6.07, 6.45) is 16.0. The molecule has 2 aromatic rings. The van der Waals surface area contributed by atoms with Crippen LogP contribution in [0.4, 0.5) is 0 Å². The third-order valence-corrected chi connectivity index (χ3v) is 7.98. The smallest absolute Gasteiger partial charge is 0.311 e. The van der Waals surface area contributed by atoms with Crippen LogP contribution in [-0.4, -0.2) is 35.5 Å². The van der Waals surface area contributed by atoms with Crippen LogP contribution in [0.5, 0.6) is 11.5 Å². The number of ether oxygens (including phenoxy) is 2. The zero-order valence-corrected chi connectivity index (χ0v) is 23.5. The van der Waals surface area contributed by atoms with Crippen molar-refractivity contribution in [2.45, 2.75) is 104 Å². The first-order chi connectivity index (χ1) is 17.9. The van der Waals surface area contributed by atoms with Gasteiger partial charge in [0.1, 0.15) is 17.1 Å². The lowest BCUT2D eigenvalue weighted by atomic mass is 9.86. The fourth-order valence-corrected chi connectivity index (χ4v) is 5.77. The lowest BCUT2D eigenvalue weighted by molar-refractivity contribution is -0.134. The Bertz CT molecular complexity index is 1040. The minimum atomic E-state index is -0.479. The maximum atomic E-state index is 13.0. The van der Waals surface area contributed by atoms with E-state index in [0.29, 0.717) is 18.1 Å². The Morgan fingerprint density at radius 3 is 2.73 bits per heavy atom. The molecule has 5 heteroatoms. The molecule has 1 aromatic heterocycles. The topological polar surface area (TPSA) is 51.7 Å². The number of aromatic nitrogens is 1. The van der Waals surface area contributed by atoms with E-state index in [-0.39, 0.29) is 5.97 Å². The van der Waals surface area contributed by atoms with Crippen LogP contribution in [0, 0.1) is 5.92 Å². The molecule has 4 rings (SSSR count). The summed E-state index contributed by atoms with van der Waals surface area (Å²) in [6.45, 7) is 12.0. The fourth-order valence-electron chi connectivity index (χ4n) is 5.77. The van der Waals surface area contributed by atoms with Crippen LogP contribution < -0.4 is 9.47 Å². The summed E-state index contributed by atoms with van der Waals surface area (Å²) in [5, 5.41) is 0. The van der Waals surface area contributed by atoms with E-state index in [2.05, 4.69) is 49.7 Å². The first kappa shape index (κ1) is 27.6. The standard InChI is InChI=1S/C32H46N2O3/c1-5-6-8-12-24(2)14-15-25-21-28(36-30(35)13-11-20-34-18-9-7-10-19-34)31-26-23-33-17-16-27(26)32(3,4)37-29(31)22-25/h16-17,21-24H,5-15,18-20H2,1-4H3. The number of pyridine rings is 1. The van der Waals surface area contributed by atoms with Crippen molar-refractivity contribution in [3.05, 3.63) is 41.7 Å². The molecule has 0 radical (unpaired) electrons. The maximum absolute atomic E-state index is 13.0. The van der Waals surface area contributed by atoms with Crippen molar-refractivity contribution in [3.8, 4) is 22.6 Å². The third-order valence-electron chi connectivity index (χ3n) is 7.98. The predicted molar refractivity (Wildman–Crippen MR) is 150 cm³/mol. The first-order valence-electron chi connectivity index (χ1n) is 14.6. The first-order valence-corrected chi connectivity index (χ1v) is 14.6. The number of fused-ring (bicyclic) bond motifs is 3. The van der Waals surface area contributed by atoms with Gasteiger partial charge in [-0.3, -0.25) is 9.78 Å². The van der Waals surface area contributed by atoms with E-state index in [1.54, 1.807) is 6.20 Å². The fraction of sp³-hybridized carbons (Fsp3) is 0.625. The van der Waals surface area contributed by atoms with Crippen molar-refractivity contribution in [1.29, 1.82) is 0 Å². The van der Waals surface area contributed by atoms with Crippen molar-refractivity contribution in [1.82, 2.24) is 9.88 Å². The second kappa shape index (κ2) is 12.9. The van der Waals surface area contributed by atoms with Crippen LogP contribution in [0.25, 0.3) is 11.1 Å². The van der Waals surface area contributed by atoms with E-state index < -0.39 is 5.60 Å². The molecule has 0 N–H and O–H groups in total. The van der Waals surface area contributed by atoms with Crippen LogP contribution in [0.1, 0.15) is 103 Å². The predicted octanol–water partition coefficient (Wildman–Crippen LogP) is 7.70. The van der Waals surface area contributed by atoms with E-state index in [4.69, 9.17) is 9.47 Å². The van der Waals surface area contributed by atoms with Crippen molar-refractivity contribution in [3.63, 3.8) is 0 Å². The lowest BCUT2D eigenvalue weighted by Crippen LogP contribution is -2.31. The lowest BCUT2D eigenvalue weighted by Gasteiger charge is -2.35. The average Bonchev–Trinajstić information content (AvgIpc) is 2.88. The summed E-state index contributed by atoms with van der Waals surface area (Å²) in [5.41, 5.74) is 3.60. The number of benzene rings is 1. The Hall–Kier alpha value is -2.40. The van der Waals surface area contributed by atoms with Gasteiger partial charge < -0.3 is 14.4 Å². The number of hydrogen-bond donors (Lipinski definition) is 0. The van der Waals surface area contributed by atoms with Gasteiger partial charge in [-0.25, -0.2) is 0 Å². The number of piperidine rings is 1.